The Morgan fingerprint density at radius 1 is 1.09 bits per heavy atom. The number of carbonyl (C=O) groups excluding carboxylic acids is 3. The number of urea groups is 1. The SMILES string of the molecule is CSc1ncc(C(=O)OCC(=O)NC(=O)Nc2ccc(C)c(C)c2)n1-c1ccc(F)cc1. The van der Waals surface area contributed by atoms with E-state index < -0.39 is 30.3 Å². The molecular weight excluding hydrogens is 435 g/mol. The third-order valence-electron chi connectivity index (χ3n) is 4.56. The molecule has 0 aliphatic rings. The van der Waals surface area contributed by atoms with Crippen LogP contribution in [0.4, 0.5) is 14.9 Å². The van der Waals surface area contributed by atoms with E-state index in [1.807, 2.05) is 19.9 Å². The summed E-state index contributed by atoms with van der Waals surface area (Å²) in [6.07, 6.45) is 3.08. The van der Waals surface area contributed by atoms with E-state index in [9.17, 15) is 18.8 Å². The molecule has 1 heterocycles. The molecule has 166 valence electrons. The molecule has 32 heavy (non-hydrogen) atoms. The molecule has 0 spiro atoms. The number of imide groups is 1. The number of nitrogens with one attached hydrogen (secondary N) is 2. The van der Waals surface area contributed by atoms with Crippen LogP contribution in [0, 0.1) is 19.7 Å². The summed E-state index contributed by atoms with van der Waals surface area (Å²) in [5, 5.41) is 5.14. The summed E-state index contributed by atoms with van der Waals surface area (Å²) in [6, 6.07) is 10.1. The van der Waals surface area contributed by atoms with Crippen LogP contribution in [0.5, 0.6) is 0 Å². The zero-order valence-electron chi connectivity index (χ0n) is 17.6. The van der Waals surface area contributed by atoms with Crippen molar-refractivity contribution in [2.24, 2.45) is 0 Å². The lowest BCUT2D eigenvalue weighted by Gasteiger charge is -2.11. The second kappa shape index (κ2) is 10.1. The van der Waals surface area contributed by atoms with Crippen LogP contribution in [-0.4, -0.2) is 40.3 Å². The number of aryl methyl sites for hydroxylation is 2. The molecule has 0 unspecified atom stereocenters. The molecule has 0 saturated heterocycles. The predicted octanol–water partition coefficient (Wildman–Crippen LogP) is 3.86. The average molecular weight is 456 g/mol. The molecule has 2 aromatic carbocycles. The lowest BCUT2D eigenvalue weighted by atomic mass is 10.1. The van der Waals surface area contributed by atoms with Gasteiger partial charge >= 0.3 is 12.0 Å². The Bertz CT molecular complexity index is 1160. The first-order valence-corrected chi connectivity index (χ1v) is 10.7. The number of carbonyl (C=O) groups is 3. The summed E-state index contributed by atoms with van der Waals surface area (Å²) in [6.45, 7) is 3.19. The fourth-order valence-electron chi connectivity index (χ4n) is 2.81. The number of thioether (sulfide) groups is 1. The molecule has 0 atom stereocenters. The van der Waals surface area contributed by atoms with Crippen molar-refractivity contribution < 1.29 is 23.5 Å². The molecule has 0 saturated carbocycles. The van der Waals surface area contributed by atoms with Crippen molar-refractivity contribution in [3.05, 3.63) is 71.3 Å². The highest BCUT2D eigenvalue weighted by Gasteiger charge is 2.20. The number of esters is 1. The molecule has 0 fully saturated rings. The van der Waals surface area contributed by atoms with Gasteiger partial charge in [-0.15, -0.1) is 0 Å². The van der Waals surface area contributed by atoms with E-state index in [0.717, 1.165) is 11.1 Å². The Kier molecular flexibility index (Phi) is 7.26. The van der Waals surface area contributed by atoms with Gasteiger partial charge < -0.3 is 10.1 Å². The summed E-state index contributed by atoms with van der Waals surface area (Å²) < 4.78 is 19.8. The van der Waals surface area contributed by atoms with Crippen molar-refractivity contribution >= 4 is 35.4 Å². The van der Waals surface area contributed by atoms with Gasteiger partial charge in [-0.05, 0) is 67.6 Å². The molecule has 0 radical (unpaired) electrons. The van der Waals surface area contributed by atoms with Crippen LogP contribution in [0.2, 0.25) is 0 Å². The first kappa shape index (κ1) is 23.0. The van der Waals surface area contributed by atoms with Gasteiger partial charge in [-0.25, -0.2) is 19.0 Å². The third-order valence-corrected chi connectivity index (χ3v) is 5.21. The van der Waals surface area contributed by atoms with Gasteiger partial charge in [0.25, 0.3) is 5.91 Å². The fourth-order valence-corrected chi connectivity index (χ4v) is 3.36. The smallest absolute Gasteiger partial charge is 0.357 e. The minimum absolute atomic E-state index is 0.0633. The largest absolute Gasteiger partial charge is 0.451 e. The van der Waals surface area contributed by atoms with E-state index in [-0.39, 0.29) is 5.69 Å². The normalized spacial score (nSPS) is 10.5. The molecule has 1 aromatic heterocycles. The van der Waals surface area contributed by atoms with Crippen LogP contribution < -0.4 is 10.6 Å². The van der Waals surface area contributed by atoms with Gasteiger partial charge in [0.2, 0.25) is 0 Å². The number of benzene rings is 2. The number of anilines is 1. The third kappa shape index (κ3) is 5.52. The zero-order valence-corrected chi connectivity index (χ0v) is 18.5. The number of hydrogen-bond acceptors (Lipinski definition) is 6. The average Bonchev–Trinajstić information content (AvgIpc) is 3.19. The van der Waals surface area contributed by atoms with Gasteiger partial charge in [-0.2, -0.15) is 0 Å². The highest BCUT2D eigenvalue weighted by Crippen LogP contribution is 2.22. The van der Waals surface area contributed by atoms with Crippen LogP contribution in [-0.2, 0) is 9.53 Å². The van der Waals surface area contributed by atoms with Crippen molar-refractivity contribution in [3.63, 3.8) is 0 Å². The van der Waals surface area contributed by atoms with Gasteiger partial charge in [0, 0.05) is 11.4 Å². The molecule has 8 nitrogen and oxygen atoms in total. The van der Waals surface area contributed by atoms with Crippen LogP contribution in [0.3, 0.4) is 0 Å². The number of nitrogens with zero attached hydrogens (tertiary/aromatic N) is 2. The minimum atomic E-state index is -0.813. The van der Waals surface area contributed by atoms with E-state index >= 15 is 0 Å². The fraction of sp³-hybridized carbons (Fsp3) is 0.182. The summed E-state index contributed by atoms with van der Waals surface area (Å²) in [4.78, 5) is 40.7. The Labute approximate surface area is 188 Å². The minimum Gasteiger partial charge on any atom is -0.451 e. The Hall–Kier alpha value is -3.66. The molecule has 0 aliphatic heterocycles. The monoisotopic (exact) mass is 456 g/mol. The second-order valence-corrected chi connectivity index (χ2v) is 7.59. The van der Waals surface area contributed by atoms with E-state index in [1.54, 1.807) is 18.4 Å². The number of hydrogen-bond donors (Lipinski definition) is 2. The second-order valence-electron chi connectivity index (χ2n) is 6.82. The number of aromatic nitrogens is 2. The van der Waals surface area contributed by atoms with Crippen LogP contribution in [0.15, 0.2) is 53.8 Å². The highest BCUT2D eigenvalue weighted by molar-refractivity contribution is 7.98. The van der Waals surface area contributed by atoms with E-state index in [0.29, 0.717) is 16.5 Å². The van der Waals surface area contributed by atoms with Crippen molar-refractivity contribution in [2.45, 2.75) is 19.0 Å². The van der Waals surface area contributed by atoms with Gasteiger partial charge in [0.15, 0.2) is 17.5 Å². The van der Waals surface area contributed by atoms with Crippen molar-refractivity contribution in [2.75, 3.05) is 18.2 Å². The lowest BCUT2D eigenvalue weighted by molar-refractivity contribution is -0.123. The van der Waals surface area contributed by atoms with E-state index in [2.05, 4.69) is 15.6 Å². The lowest BCUT2D eigenvalue weighted by Crippen LogP contribution is -2.37. The standard InChI is InChI=1S/C22H21FN4O4S/c1-13-4-7-16(10-14(13)2)25-21(30)26-19(28)12-31-20(29)18-11-24-22(32-3)27(18)17-8-5-15(23)6-9-17/h4-11H,12H2,1-3H3,(H2,25,26,28,30). The zero-order chi connectivity index (χ0) is 23.3. The topological polar surface area (TPSA) is 102 Å². The maximum Gasteiger partial charge on any atom is 0.357 e. The summed E-state index contributed by atoms with van der Waals surface area (Å²) in [5.41, 5.74) is 3.17. The van der Waals surface area contributed by atoms with Crippen molar-refractivity contribution in [3.8, 4) is 5.69 Å². The predicted molar refractivity (Wildman–Crippen MR) is 119 cm³/mol. The van der Waals surface area contributed by atoms with Crippen LogP contribution in [0.1, 0.15) is 21.6 Å². The molecule has 2 N–H and O–H groups in total. The molecule has 0 bridgehead atoms. The summed E-state index contributed by atoms with van der Waals surface area (Å²) in [7, 11) is 0. The molecule has 3 rings (SSSR count). The van der Waals surface area contributed by atoms with Crippen molar-refractivity contribution in [1.29, 1.82) is 0 Å². The Balaban J connectivity index is 1.61. The maximum absolute atomic E-state index is 13.3. The van der Waals surface area contributed by atoms with Crippen LogP contribution >= 0.6 is 11.8 Å². The summed E-state index contributed by atoms with van der Waals surface area (Å²) >= 11 is 1.29. The first-order chi connectivity index (χ1) is 15.3. The molecular formula is C22H21FN4O4S. The van der Waals surface area contributed by atoms with Gasteiger partial charge in [0.05, 0.1) is 6.20 Å². The van der Waals surface area contributed by atoms with Gasteiger partial charge in [0.1, 0.15) is 5.82 Å². The quantitative estimate of drug-likeness (QED) is 0.431. The number of amides is 3. The molecule has 3 amide bonds. The Morgan fingerprint density at radius 2 is 1.81 bits per heavy atom. The van der Waals surface area contributed by atoms with E-state index in [1.165, 1.54) is 46.8 Å². The van der Waals surface area contributed by atoms with E-state index in [4.69, 9.17) is 4.74 Å². The number of ether oxygens (including phenoxy) is 1. The molecule has 3 aromatic rings. The van der Waals surface area contributed by atoms with Gasteiger partial charge in [-0.1, -0.05) is 17.8 Å². The van der Waals surface area contributed by atoms with Gasteiger partial charge in [-0.3, -0.25) is 14.7 Å². The molecule has 0 aliphatic carbocycles. The number of rotatable bonds is 6. The number of halogens is 1. The van der Waals surface area contributed by atoms with Crippen molar-refractivity contribution in [1.82, 2.24) is 14.9 Å². The van der Waals surface area contributed by atoms with Crippen LogP contribution in [0.25, 0.3) is 5.69 Å². The number of imidazole rings is 1. The summed E-state index contributed by atoms with van der Waals surface area (Å²) in [5.74, 6) is -2.02. The Morgan fingerprint density at radius 3 is 2.47 bits per heavy atom. The maximum atomic E-state index is 13.3. The molecule has 10 heteroatoms. The first-order valence-electron chi connectivity index (χ1n) is 9.51. The highest BCUT2D eigenvalue weighted by atomic mass is 32.2.